The summed E-state index contributed by atoms with van der Waals surface area (Å²) < 4.78 is 31.3. The Bertz CT molecular complexity index is 347. The molecule has 0 fully saturated rings. The van der Waals surface area contributed by atoms with Crippen molar-refractivity contribution in [2.24, 2.45) is 0 Å². The van der Waals surface area contributed by atoms with Crippen LogP contribution in [0, 0.1) is 0 Å². The van der Waals surface area contributed by atoms with E-state index in [9.17, 15) is 18.1 Å². The van der Waals surface area contributed by atoms with Crippen molar-refractivity contribution in [2.45, 2.75) is 109 Å². The monoisotopic (exact) mass is 388 g/mol. The Morgan fingerprint density at radius 2 is 1.12 bits per heavy atom. The third-order valence-electron chi connectivity index (χ3n) is 4.32. The van der Waals surface area contributed by atoms with Gasteiger partial charge in [-0.3, -0.25) is 0 Å². The van der Waals surface area contributed by atoms with Crippen molar-refractivity contribution < 1.29 is 69.5 Å². The smallest absolute Gasteiger partial charge is 0.748 e. The molecule has 6 heteroatoms. The summed E-state index contributed by atoms with van der Waals surface area (Å²) in [4.78, 5) is 0. The van der Waals surface area contributed by atoms with E-state index in [0.717, 1.165) is 12.8 Å². The molecule has 0 saturated carbocycles. The second-order valence-electron chi connectivity index (χ2n) is 6.74. The number of aliphatic hydroxyl groups is 1. The summed E-state index contributed by atoms with van der Waals surface area (Å²) >= 11 is 0. The molecule has 24 heavy (non-hydrogen) atoms. The molecule has 1 atom stereocenters. The van der Waals surface area contributed by atoms with E-state index in [0.29, 0.717) is 19.3 Å². The summed E-state index contributed by atoms with van der Waals surface area (Å²) in [7, 11) is -4.09. The van der Waals surface area contributed by atoms with Crippen LogP contribution < -0.4 is 51.4 Å². The summed E-state index contributed by atoms with van der Waals surface area (Å²) in [6.45, 7) is 2.24. The van der Waals surface area contributed by atoms with Crippen LogP contribution in [0.5, 0.6) is 0 Å². The Kier molecular flexibility index (Phi) is 22.3. The predicted molar refractivity (Wildman–Crippen MR) is 95.5 cm³/mol. The van der Waals surface area contributed by atoms with Gasteiger partial charge in [0.1, 0.15) is 0 Å². The van der Waals surface area contributed by atoms with Crippen molar-refractivity contribution in [1.29, 1.82) is 0 Å². The SMILES string of the molecule is CCCCCCCCCCCCCC(O)CCCCS(=O)(=O)[O-].[K+]. The van der Waals surface area contributed by atoms with E-state index in [-0.39, 0.29) is 63.2 Å². The quantitative estimate of drug-likeness (QED) is 0.234. The average molecular weight is 389 g/mol. The van der Waals surface area contributed by atoms with E-state index >= 15 is 0 Å². The van der Waals surface area contributed by atoms with Gasteiger partial charge in [0.05, 0.1) is 16.2 Å². The van der Waals surface area contributed by atoms with Crippen LogP contribution in [0.3, 0.4) is 0 Å². The van der Waals surface area contributed by atoms with Crippen molar-refractivity contribution >= 4 is 10.1 Å². The van der Waals surface area contributed by atoms with Crippen LogP contribution in [0.4, 0.5) is 0 Å². The topological polar surface area (TPSA) is 77.4 Å². The molecule has 4 nitrogen and oxygen atoms in total. The van der Waals surface area contributed by atoms with Crippen molar-refractivity contribution in [3.63, 3.8) is 0 Å². The zero-order valence-electron chi connectivity index (χ0n) is 16.0. The van der Waals surface area contributed by atoms with Crippen molar-refractivity contribution in [1.82, 2.24) is 0 Å². The summed E-state index contributed by atoms with van der Waals surface area (Å²) in [5, 5.41) is 9.79. The minimum atomic E-state index is -4.09. The maximum Gasteiger partial charge on any atom is 1.00 e. The van der Waals surface area contributed by atoms with Crippen LogP contribution >= 0.6 is 0 Å². The fourth-order valence-corrected chi connectivity index (χ4v) is 3.40. The van der Waals surface area contributed by atoms with Crippen molar-refractivity contribution in [2.75, 3.05) is 5.75 Å². The molecule has 0 aliphatic rings. The first-order valence-corrected chi connectivity index (χ1v) is 11.1. The molecule has 140 valence electrons. The Morgan fingerprint density at radius 1 is 0.750 bits per heavy atom. The molecule has 0 radical (unpaired) electrons. The van der Waals surface area contributed by atoms with E-state index in [2.05, 4.69) is 6.92 Å². The van der Waals surface area contributed by atoms with Gasteiger partial charge >= 0.3 is 51.4 Å². The third kappa shape index (κ3) is 23.5. The van der Waals surface area contributed by atoms with Gasteiger partial charge in [-0.05, 0) is 25.7 Å². The summed E-state index contributed by atoms with van der Waals surface area (Å²) in [6, 6.07) is 0. The maximum absolute atomic E-state index is 10.4. The summed E-state index contributed by atoms with van der Waals surface area (Å²) in [5.41, 5.74) is 0. The average Bonchev–Trinajstić information content (AvgIpc) is 2.48. The molecule has 0 aromatic heterocycles. The molecule has 1 unspecified atom stereocenters. The fourth-order valence-electron chi connectivity index (χ4n) is 2.85. The molecule has 0 aromatic rings. The van der Waals surface area contributed by atoms with Gasteiger partial charge in [-0.25, -0.2) is 8.42 Å². The van der Waals surface area contributed by atoms with Gasteiger partial charge in [-0.2, -0.15) is 0 Å². The van der Waals surface area contributed by atoms with Crippen LogP contribution in [-0.4, -0.2) is 29.9 Å². The molecule has 0 aliphatic heterocycles. The van der Waals surface area contributed by atoms with Gasteiger partial charge in [0.15, 0.2) is 0 Å². The van der Waals surface area contributed by atoms with E-state index < -0.39 is 10.1 Å². The van der Waals surface area contributed by atoms with Crippen LogP contribution in [0.15, 0.2) is 0 Å². The maximum atomic E-state index is 10.4. The van der Waals surface area contributed by atoms with E-state index in [1.165, 1.54) is 64.2 Å². The molecular formula is C18H37KO4S. The van der Waals surface area contributed by atoms with Gasteiger partial charge in [-0.1, -0.05) is 77.6 Å². The van der Waals surface area contributed by atoms with Crippen molar-refractivity contribution in [3.8, 4) is 0 Å². The minimum absolute atomic E-state index is 0. The first kappa shape index (κ1) is 27.7. The molecule has 1 N–H and O–H groups in total. The Morgan fingerprint density at radius 3 is 1.54 bits per heavy atom. The zero-order valence-corrected chi connectivity index (χ0v) is 19.9. The zero-order chi connectivity index (χ0) is 17.4. The summed E-state index contributed by atoms with van der Waals surface area (Å²) in [6.07, 6.45) is 16.3. The van der Waals surface area contributed by atoms with Gasteiger partial charge in [-0.15, -0.1) is 0 Å². The standard InChI is InChI=1S/C18H38O4S.K/c1-2-3-4-5-6-7-8-9-10-11-12-15-18(19)16-13-14-17-23(20,21)22;/h18-19H,2-17H2,1H3,(H,20,21,22);/q;+1/p-1. The normalized spacial score (nSPS) is 12.8. The largest absolute Gasteiger partial charge is 1.00 e. The van der Waals surface area contributed by atoms with E-state index in [4.69, 9.17) is 0 Å². The first-order valence-electron chi connectivity index (χ1n) is 9.57. The Hall–Kier alpha value is 1.51. The number of aliphatic hydroxyl groups excluding tert-OH is 1. The predicted octanol–water partition coefficient (Wildman–Crippen LogP) is 1.77. The van der Waals surface area contributed by atoms with Crippen LogP contribution in [0.1, 0.15) is 103 Å². The molecule has 0 heterocycles. The molecule has 0 aliphatic carbocycles. The fraction of sp³-hybridized carbons (Fsp3) is 1.00. The first-order chi connectivity index (χ1) is 11.0. The number of hydrogen-bond donors (Lipinski definition) is 1. The Labute approximate surface area is 192 Å². The van der Waals surface area contributed by atoms with E-state index in [1.54, 1.807) is 0 Å². The number of rotatable bonds is 17. The van der Waals surface area contributed by atoms with Crippen LogP contribution in [-0.2, 0) is 10.1 Å². The van der Waals surface area contributed by atoms with Gasteiger partial charge in [0.2, 0.25) is 0 Å². The molecule has 0 spiro atoms. The van der Waals surface area contributed by atoms with Crippen molar-refractivity contribution in [3.05, 3.63) is 0 Å². The molecule has 0 rings (SSSR count). The summed E-state index contributed by atoms with van der Waals surface area (Å²) in [5.74, 6) is -0.307. The van der Waals surface area contributed by atoms with Crippen LogP contribution in [0.2, 0.25) is 0 Å². The van der Waals surface area contributed by atoms with Crippen LogP contribution in [0.25, 0.3) is 0 Å². The Balaban J connectivity index is 0. The number of unbranched alkanes of at least 4 members (excludes halogenated alkanes) is 11. The van der Waals surface area contributed by atoms with Gasteiger partial charge < -0.3 is 9.66 Å². The number of hydrogen-bond acceptors (Lipinski definition) is 4. The molecule has 0 aromatic carbocycles. The molecule has 0 bridgehead atoms. The second kappa shape index (κ2) is 19.3. The van der Waals surface area contributed by atoms with E-state index in [1.807, 2.05) is 0 Å². The second-order valence-corrected chi connectivity index (χ2v) is 8.26. The van der Waals surface area contributed by atoms with Gasteiger partial charge in [0, 0.05) is 5.75 Å². The third-order valence-corrected chi connectivity index (χ3v) is 5.11. The van der Waals surface area contributed by atoms with Gasteiger partial charge in [0.25, 0.3) is 0 Å². The molecule has 0 saturated heterocycles. The molecular weight excluding hydrogens is 351 g/mol. The minimum Gasteiger partial charge on any atom is -0.748 e. The molecule has 0 amide bonds.